The van der Waals surface area contributed by atoms with E-state index in [1.807, 2.05) is 30.3 Å². The van der Waals surface area contributed by atoms with Gasteiger partial charge in [-0.2, -0.15) is 0 Å². The molecule has 1 aromatic carbocycles. The fourth-order valence-electron chi connectivity index (χ4n) is 2.91. The van der Waals surface area contributed by atoms with Crippen LogP contribution in [0.15, 0.2) is 30.3 Å². The minimum atomic E-state index is -0.637. The highest BCUT2D eigenvalue weighted by molar-refractivity contribution is 6.00. The van der Waals surface area contributed by atoms with Gasteiger partial charge in [-0.3, -0.25) is 9.59 Å². The van der Waals surface area contributed by atoms with Crippen molar-refractivity contribution >= 4 is 11.8 Å². The van der Waals surface area contributed by atoms with Gasteiger partial charge in [0.25, 0.3) is 0 Å². The first-order chi connectivity index (χ1) is 8.71. The number of rotatable bonds is 1. The lowest BCUT2D eigenvalue weighted by Crippen LogP contribution is -2.65. The van der Waals surface area contributed by atoms with E-state index in [1.165, 1.54) is 0 Å². The fraction of sp³-hybridized carbons (Fsp3) is 0.429. The van der Waals surface area contributed by atoms with E-state index in [4.69, 9.17) is 0 Å². The molecule has 1 heterocycles. The second-order valence-corrected chi connectivity index (χ2v) is 5.10. The van der Waals surface area contributed by atoms with Gasteiger partial charge in [0, 0.05) is 0 Å². The van der Waals surface area contributed by atoms with Crippen molar-refractivity contribution in [2.24, 2.45) is 0 Å². The Morgan fingerprint density at radius 3 is 2.39 bits per heavy atom. The Labute approximate surface area is 106 Å². The van der Waals surface area contributed by atoms with Crippen LogP contribution in [-0.4, -0.2) is 17.4 Å². The third-order valence-corrected chi connectivity index (χ3v) is 3.92. The molecule has 1 atom stereocenters. The van der Waals surface area contributed by atoms with Crippen molar-refractivity contribution in [1.82, 2.24) is 10.6 Å². The molecule has 18 heavy (non-hydrogen) atoms. The van der Waals surface area contributed by atoms with E-state index >= 15 is 0 Å². The van der Waals surface area contributed by atoms with Crippen LogP contribution >= 0.6 is 0 Å². The number of hydrogen-bond donors (Lipinski definition) is 2. The standard InChI is InChI=1S/C14H16N2O2/c17-12-11(10-6-2-1-3-7-10)15-13(18)14(16-12)8-4-5-9-14/h1-3,6-7,11H,4-5,8-9H2,(H,15,18)(H,16,17). The van der Waals surface area contributed by atoms with Gasteiger partial charge in [0.05, 0.1) is 0 Å². The zero-order valence-electron chi connectivity index (χ0n) is 10.1. The monoisotopic (exact) mass is 244 g/mol. The van der Waals surface area contributed by atoms with Crippen LogP contribution < -0.4 is 10.6 Å². The predicted molar refractivity (Wildman–Crippen MR) is 66.7 cm³/mol. The molecule has 4 heteroatoms. The van der Waals surface area contributed by atoms with Crippen LogP contribution in [0.25, 0.3) is 0 Å². The van der Waals surface area contributed by atoms with Gasteiger partial charge in [0.2, 0.25) is 11.8 Å². The Balaban J connectivity index is 1.86. The zero-order valence-corrected chi connectivity index (χ0v) is 10.1. The molecule has 1 saturated heterocycles. The van der Waals surface area contributed by atoms with E-state index in [0.29, 0.717) is 0 Å². The second kappa shape index (κ2) is 4.12. The molecule has 0 bridgehead atoms. The summed E-state index contributed by atoms with van der Waals surface area (Å²) >= 11 is 0. The highest BCUT2D eigenvalue weighted by atomic mass is 16.2. The molecule has 1 spiro atoms. The molecular formula is C14H16N2O2. The first-order valence-corrected chi connectivity index (χ1v) is 6.39. The predicted octanol–water partition coefficient (Wildman–Crippen LogP) is 1.29. The van der Waals surface area contributed by atoms with Crippen LogP contribution in [0, 0.1) is 0 Å². The highest BCUT2D eigenvalue weighted by Gasteiger charge is 2.48. The smallest absolute Gasteiger partial charge is 0.248 e. The quantitative estimate of drug-likeness (QED) is 0.782. The maximum Gasteiger partial charge on any atom is 0.248 e. The number of piperazine rings is 1. The lowest BCUT2D eigenvalue weighted by molar-refractivity contribution is -0.141. The van der Waals surface area contributed by atoms with E-state index in [2.05, 4.69) is 10.6 Å². The summed E-state index contributed by atoms with van der Waals surface area (Å²) in [5.41, 5.74) is 0.193. The molecule has 2 fully saturated rings. The first-order valence-electron chi connectivity index (χ1n) is 6.39. The van der Waals surface area contributed by atoms with Crippen LogP contribution in [0.5, 0.6) is 0 Å². The molecule has 1 aliphatic heterocycles. The van der Waals surface area contributed by atoms with E-state index in [9.17, 15) is 9.59 Å². The third kappa shape index (κ3) is 1.68. The summed E-state index contributed by atoms with van der Waals surface area (Å²) in [5, 5.41) is 5.80. The van der Waals surface area contributed by atoms with Crippen molar-refractivity contribution in [2.45, 2.75) is 37.3 Å². The van der Waals surface area contributed by atoms with Gasteiger partial charge in [0.1, 0.15) is 11.6 Å². The number of carbonyl (C=O) groups excluding carboxylic acids is 2. The molecule has 2 amide bonds. The van der Waals surface area contributed by atoms with Crippen molar-refractivity contribution in [3.05, 3.63) is 35.9 Å². The summed E-state index contributed by atoms with van der Waals surface area (Å²) in [6, 6.07) is 8.80. The number of nitrogens with one attached hydrogen (secondary N) is 2. The molecule has 1 aromatic rings. The largest absolute Gasteiger partial charge is 0.340 e. The summed E-state index contributed by atoms with van der Waals surface area (Å²) in [7, 11) is 0. The number of carbonyl (C=O) groups is 2. The summed E-state index contributed by atoms with van der Waals surface area (Å²) in [6.45, 7) is 0. The minimum Gasteiger partial charge on any atom is -0.340 e. The van der Waals surface area contributed by atoms with Crippen LogP contribution in [0.3, 0.4) is 0 Å². The molecule has 0 radical (unpaired) electrons. The van der Waals surface area contributed by atoms with Crippen molar-refractivity contribution < 1.29 is 9.59 Å². The van der Waals surface area contributed by atoms with Crippen molar-refractivity contribution in [3.8, 4) is 0 Å². The van der Waals surface area contributed by atoms with Crippen molar-refractivity contribution in [3.63, 3.8) is 0 Å². The fourth-order valence-corrected chi connectivity index (χ4v) is 2.91. The molecule has 1 saturated carbocycles. The molecule has 3 rings (SSSR count). The number of amides is 2. The topological polar surface area (TPSA) is 58.2 Å². The van der Waals surface area contributed by atoms with Gasteiger partial charge >= 0.3 is 0 Å². The van der Waals surface area contributed by atoms with E-state index in [1.54, 1.807) is 0 Å². The molecule has 2 aliphatic rings. The average Bonchev–Trinajstić information content (AvgIpc) is 2.84. The Bertz CT molecular complexity index is 478. The molecule has 1 aliphatic carbocycles. The van der Waals surface area contributed by atoms with E-state index in [-0.39, 0.29) is 11.8 Å². The van der Waals surface area contributed by atoms with E-state index in [0.717, 1.165) is 31.2 Å². The first kappa shape index (κ1) is 11.3. The Morgan fingerprint density at radius 1 is 1.06 bits per heavy atom. The Kier molecular flexibility index (Phi) is 2.58. The molecular weight excluding hydrogens is 228 g/mol. The maximum atomic E-state index is 12.2. The van der Waals surface area contributed by atoms with Crippen LogP contribution in [0.1, 0.15) is 37.3 Å². The third-order valence-electron chi connectivity index (χ3n) is 3.92. The summed E-state index contributed by atoms with van der Waals surface area (Å²) in [6.07, 6.45) is 3.52. The maximum absolute atomic E-state index is 12.2. The average molecular weight is 244 g/mol. The summed E-state index contributed by atoms with van der Waals surface area (Å²) < 4.78 is 0. The summed E-state index contributed by atoms with van der Waals surface area (Å²) in [4.78, 5) is 24.4. The van der Waals surface area contributed by atoms with Crippen LogP contribution in [-0.2, 0) is 9.59 Å². The molecule has 2 N–H and O–H groups in total. The number of benzene rings is 1. The normalized spacial score (nSPS) is 25.9. The Hall–Kier alpha value is -1.84. The van der Waals surface area contributed by atoms with Crippen molar-refractivity contribution in [1.29, 1.82) is 0 Å². The molecule has 1 unspecified atom stereocenters. The minimum absolute atomic E-state index is 0.0338. The molecule has 4 nitrogen and oxygen atoms in total. The molecule has 0 aromatic heterocycles. The van der Waals surface area contributed by atoms with Gasteiger partial charge in [0.15, 0.2) is 0 Å². The lowest BCUT2D eigenvalue weighted by atomic mass is 9.90. The lowest BCUT2D eigenvalue weighted by Gasteiger charge is -2.37. The van der Waals surface area contributed by atoms with Gasteiger partial charge in [-0.1, -0.05) is 43.2 Å². The Morgan fingerprint density at radius 2 is 1.72 bits per heavy atom. The zero-order chi connectivity index (χ0) is 12.6. The van der Waals surface area contributed by atoms with Crippen molar-refractivity contribution in [2.75, 3.05) is 0 Å². The summed E-state index contributed by atoms with van der Waals surface area (Å²) in [5.74, 6) is -0.129. The van der Waals surface area contributed by atoms with E-state index < -0.39 is 11.6 Å². The van der Waals surface area contributed by atoms with Crippen LogP contribution in [0.4, 0.5) is 0 Å². The molecule has 94 valence electrons. The number of hydrogen-bond acceptors (Lipinski definition) is 2. The second-order valence-electron chi connectivity index (χ2n) is 5.10. The van der Waals surface area contributed by atoms with Gasteiger partial charge < -0.3 is 10.6 Å². The van der Waals surface area contributed by atoms with Gasteiger partial charge in [-0.15, -0.1) is 0 Å². The van der Waals surface area contributed by atoms with Crippen LogP contribution in [0.2, 0.25) is 0 Å². The van der Waals surface area contributed by atoms with Gasteiger partial charge in [-0.05, 0) is 18.4 Å². The SMILES string of the molecule is O=C1NC2(CCCC2)C(=O)NC1c1ccccc1. The highest BCUT2D eigenvalue weighted by Crippen LogP contribution is 2.33. The van der Waals surface area contributed by atoms with Gasteiger partial charge in [-0.25, -0.2) is 0 Å².